The second-order valence-corrected chi connectivity index (χ2v) is 4.56. The summed E-state index contributed by atoms with van der Waals surface area (Å²) >= 11 is 0. The molecule has 2 aromatic rings. The van der Waals surface area contributed by atoms with Crippen molar-refractivity contribution in [1.29, 1.82) is 0 Å². The quantitative estimate of drug-likeness (QED) is 0.922. The molecule has 6 nitrogen and oxygen atoms in total. The van der Waals surface area contributed by atoms with Gasteiger partial charge in [-0.3, -0.25) is 9.36 Å². The van der Waals surface area contributed by atoms with E-state index < -0.39 is 0 Å². The van der Waals surface area contributed by atoms with E-state index in [9.17, 15) is 9.59 Å². The highest BCUT2D eigenvalue weighted by molar-refractivity contribution is 5.90. The molecule has 1 N–H and O–H groups in total. The van der Waals surface area contributed by atoms with Crippen LogP contribution in [0.3, 0.4) is 0 Å². The Morgan fingerprint density at radius 3 is 2.50 bits per heavy atom. The average molecular weight is 272 g/mol. The molecule has 1 aromatic heterocycles. The van der Waals surface area contributed by atoms with Crippen molar-refractivity contribution in [3.8, 4) is 0 Å². The third-order valence-electron chi connectivity index (χ3n) is 2.80. The number of imidazole rings is 1. The monoisotopic (exact) mass is 272 g/mol. The van der Waals surface area contributed by atoms with Crippen LogP contribution in [0.4, 0.5) is 10.5 Å². The van der Waals surface area contributed by atoms with Crippen LogP contribution in [0.15, 0.2) is 43.0 Å². The second kappa shape index (κ2) is 6.01. The molecule has 0 saturated carbocycles. The zero-order valence-electron chi connectivity index (χ0n) is 11.4. The van der Waals surface area contributed by atoms with Crippen LogP contribution in [0.2, 0.25) is 0 Å². The van der Waals surface area contributed by atoms with Gasteiger partial charge in [-0.15, -0.1) is 0 Å². The third kappa shape index (κ3) is 3.44. The lowest BCUT2D eigenvalue weighted by molar-refractivity contribution is -0.127. The van der Waals surface area contributed by atoms with Gasteiger partial charge in [-0.05, 0) is 17.7 Å². The first kappa shape index (κ1) is 13.8. The molecule has 0 fully saturated rings. The smallest absolute Gasteiger partial charge is 0.331 e. The van der Waals surface area contributed by atoms with Crippen LogP contribution in [-0.2, 0) is 11.2 Å². The first-order chi connectivity index (χ1) is 9.56. The Kier molecular flexibility index (Phi) is 4.14. The Morgan fingerprint density at radius 1 is 1.25 bits per heavy atom. The molecule has 6 heteroatoms. The molecule has 0 spiro atoms. The SMILES string of the molecule is CN(C)C(=O)Cc1ccc(NC(=O)n2ccnc2)cc1. The van der Waals surface area contributed by atoms with Gasteiger partial charge in [0.1, 0.15) is 6.33 Å². The van der Waals surface area contributed by atoms with Gasteiger partial charge in [-0.1, -0.05) is 12.1 Å². The van der Waals surface area contributed by atoms with E-state index in [0.717, 1.165) is 5.56 Å². The fourth-order valence-electron chi connectivity index (χ4n) is 1.61. The molecule has 1 heterocycles. The molecule has 20 heavy (non-hydrogen) atoms. The van der Waals surface area contributed by atoms with Crippen molar-refractivity contribution >= 4 is 17.6 Å². The number of rotatable bonds is 3. The Labute approximate surface area is 117 Å². The highest BCUT2D eigenvalue weighted by Gasteiger charge is 2.07. The van der Waals surface area contributed by atoms with Gasteiger partial charge in [0.25, 0.3) is 0 Å². The fraction of sp³-hybridized carbons (Fsp3) is 0.214. The summed E-state index contributed by atoms with van der Waals surface area (Å²) in [5, 5.41) is 2.74. The molecule has 0 unspecified atom stereocenters. The summed E-state index contributed by atoms with van der Waals surface area (Å²) in [5.74, 6) is 0.0419. The minimum Gasteiger partial charge on any atom is -0.349 e. The largest absolute Gasteiger partial charge is 0.349 e. The van der Waals surface area contributed by atoms with Crippen LogP contribution >= 0.6 is 0 Å². The molecule has 1 aromatic carbocycles. The van der Waals surface area contributed by atoms with Gasteiger partial charge >= 0.3 is 6.03 Å². The molecule has 0 aliphatic rings. The molecule has 0 atom stereocenters. The summed E-state index contributed by atoms with van der Waals surface area (Å²) < 4.78 is 1.35. The van der Waals surface area contributed by atoms with Crippen LogP contribution in [0.5, 0.6) is 0 Å². The zero-order valence-corrected chi connectivity index (χ0v) is 11.4. The number of anilines is 1. The van der Waals surface area contributed by atoms with Gasteiger partial charge in [0.2, 0.25) is 5.91 Å². The lowest BCUT2D eigenvalue weighted by atomic mass is 10.1. The maximum absolute atomic E-state index is 11.8. The number of benzene rings is 1. The number of likely N-dealkylation sites (N-methyl/N-ethyl adjacent to an activating group) is 1. The Hall–Kier alpha value is -2.63. The first-order valence-corrected chi connectivity index (χ1v) is 6.14. The van der Waals surface area contributed by atoms with Crippen molar-refractivity contribution in [2.75, 3.05) is 19.4 Å². The van der Waals surface area contributed by atoms with Crippen LogP contribution < -0.4 is 5.32 Å². The normalized spacial score (nSPS) is 10.1. The summed E-state index contributed by atoms with van der Waals surface area (Å²) in [6.07, 6.45) is 4.89. The summed E-state index contributed by atoms with van der Waals surface area (Å²) in [5.41, 5.74) is 1.58. The van der Waals surface area contributed by atoms with E-state index in [0.29, 0.717) is 12.1 Å². The molecule has 0 aliphatic heterocycles. The Morgan fingerprint density at radius 2 is 1.95 bits per heavy atom. The molecular weight excluding hydrogens is 256 g/mol. The number of carbonyl (C=O) groups is 2. The molecule has 0 saturated heterocycles. The number of nitrogens with one attached hydrogen (secondary N) is 1. The standard InChI is InChI=1S/C14H16N4O2/c1-17(2)13(19)9-11-3-5-12(6-4-11)16-14(20)18-8-7-15-10-18/h3-8,10H,9H2,1-2H3,(H,16,20). The van der Waals surface area contributed by atoms with Gasteiger partial charge in [0.05, 0.1) is 6.42 Å². The first-order valence-electron chi connectivity index (χ1n) is 6.14. The number of carbonyl (C=O) groups excluding carboxylic acids is 2. The van der Waals surface area contributed by atoms with Gasteiger partial charge in [0, 0.05) is 32.2 Å². The third-order valence-corrected chi connectivity index (χ3v) is 2.80. The highest BCUT2D eigenvalue weighted by Crippen LogP contribution is 2.11. The van der Waals surface area contributed by atoms with E-state index in [-0.39, 0.29) is 11.9 Å². The molecule has 0 aliphatic carbocycles. The maximum Gasteiger partial charge on any atom is 0.331 e. The van der Waals surface area contributed by atoms with Gasteiger partial charge in [-0.2, -0.15) is 0 Å². The predicted octanol–water partition coefficient (Wildman–Crippen LogP) is 1.59. The average Bonchev–Trinajstić information content (AvgIpc) is 2.95. The van der Waals surface area contributed by atoms with E-state index in [1.165, 1.54) is 17.1 Å². The summed E-state index contributed by atoms with van der Waals surface area (Å²) in [7, 11) is 3.45. The van der Waals surface area contributed by atoms with Crippen LogP contribution in [-0.4, -0.2) is 40.5 Å². The molecule has 104 valence electrons. The second-order valence-electron chi connectivity index (χ2n) is 4.56. The number of aromatic nitrogens is 2. The van der Waals surface area contributed by atoms with E-state index in [2.05, 4.69) is 10.3 Å². The van der Waals surface area contributed by atoms with Crippen molar-refractivity contribution in [2.45, 2.75) is 6.42 Å². The molecular formula is C14H16N4O2. The highest BCUT2D eigenvalue weighted by atomic mass is 16.2. The lowest BCUT2D eigenvalue weighted by Crippen LogP contribution is -2.23. The Bertz CT molecular complexity index is 588. The van der Waals surface area contributed by atoms with Crippen molar-refractivity contribution in [2.24, 2.45) is 0 Å². The number of amides is 2. The Balaban J connectivity index is 1.98. The molecule has 0 radical (unpaired) electrons. The van der Waals surface area contributed by atoms with Gasteiger partial charge < -0.3 is 10.2 Å². The zero-order chi connectivity index (χ0) is 14.5. The number of nitrogens with zero attached hydrogens (tertiary/aromatic N) is 3. The number of hydrogen-bond donors (Lipinski definition) is 1. The summed E-state index contributed by atoms with van der Waals surface area (Å²) in [4.78, 5) is 28.7. The lowest BCUT2D eigenvalue weighted by Gasteiger charge is -2.10. The maximum atomic E-state index is 11.8. The topological polar surface area (TPSA) is 67.2 Å². The van der Waals surface area contributed by atoms with Crippen molar-refractivity contribution in [3.63, 3.8) is 0 Å². The van der Waals surface area contributed by atoms with Crippen LogP contribution in [0, 0.1) is 0 Å². The van der Waals surface area contributed by atoms with Crippen LogP contribution in [0.25, 0.3) is 0 Å². The fourth-order valence-corrected chi connectivity index (χ4v) is 1.61. The van der Waals surface area contributed by atoms with Gasteiger partial charge in [0.15, 0.2) is 0 Å². The molecule has 0 bridgehead atoms. The summed E-state index contributed by atoms with van der Waals surface area (Å²) in [6, 6.07) is 6.91. The van der Waals surface area contributed by atoms with Crippen molar-refractivity contribution in [3.05, 3.63) is 48.5 Å². The van der Waals surface area contributed by atoms with Gasteiger partial charge in [-0.25, -0.2) is 9.78 Å². The van der Waals surface area contributed by atoms with Crippen molar-refractivity contribution < 1.29 is 9.59 Å². The van der Waals surface area contributed by atoms with E-state index in [1.54, 1.807) is 37.3 Å². The van der Waals surface area contributed by atoms with E-state index >= 15 is 0 Å². The van der Waals surface area contributed by atoms with Crippen molar-refractivity contribution in [1.82, 2.24) is 14.5 Å². The predicted molar refractivity (Wildman–Crippen MR) is 75.5 cm³/mol. The van der Waals surface area contributed by atoms with E-state index in [4.69, 9.17) is 0 Å². The summed E-state index contributed by atoms with van der Waals surface area (Å²) in [6.45, 7) is 0. The molecule has 2 rings (SSSR count). The van der Waals surface area contributed by atoms with Crippen LogP contribution in [0.1, 0.15) is 5.56 Å². The minimum absolute atomic E-state index is 0.0419. The minimum atomic E-state index is -0.278. The number of hydrogen-bond acceptors (Lipinski definition) is 3. The molecule has 2 amide bonds. The van der Waals surface area contributed by atoms with E-state index in [1.807, 2.05) is 12.1 Å².